The van der Waals surface area contributed by atoms with Gasteiger partial charge >= 0.3 is 0 Å². The van der Waals surface area contributed by atoms with Gasteiger partial charge < -0.3 is 15.4 Å². The molecule has 1 amide bonds. The third-order valence-corrected chi connectivity index (χ3v) is 6.13. The molecular weight excluding hydrogens is 342 g/mol. The van der Waals surface area contributed by atoms with Gasteiger partial charge in [-0.1, -0.05) is 6.07 Å². The van der Waals surface area contributed by atoms with Crippen molar-refractivity contribution >= 4 is 15.9 Å². The summed E-state index contributed by atoms with van der Waals surface area (Å²) < 4.78 is 33.0. The molecule has 2 heterocycles. The Morgan fingerprint density at radius 3 is 2.76 bits per heavy atom. The molecule has 138 valence electrons. The fourth-order valence-electron chi connectivity index (χ4n) is 3.11. The lowest BCUT2D eigenvalue weighted by Crippen LogP contribution is -2.36. The van der Waals surface area contributed by atoms with Gasteiger partial charge in [-0.25, -0.2) is 13.1 Å². The zero-order valence-electron chi connectivity index (χ0n) is 14.2. The van der Waals surface area contributed by atoms with Crippen LogP contribution < -0.4 is 15.4 Å². The maximum Gasteiger partial charge on any atom is 0.251 e. The highest BCUT2D eigenvalue weighted by Gasteiger charge is 2.21. The van der Waals surface area contributed by atoms with E-state index in [1.54, 1.807) is 12.1 Å². The third-order valence-electron chi connectivity index (χ3n) is 4.70. The Balaban J connectivity index is 1.63. The van der Waals surface area contributed by atoms with E-state index in [9.17, 15) is 13.2 Å². The maximum absolute atomic E-state index is 12.5. The number of rotatable bonds is 6. The molecule has 1 aromatic carbocycles. The molecule has 0 radical (unpaired) electrons. The summed E-state index contributed by atoms with van der Waals surface area (Å²) >= 11 is 0. The van der Waals surface area contributed by atoms with Gasteiger partial charge in [-0.2, -0.15) is 0 Å². The fraction of sp³-hybridized carbons (Fsp3) is 0.588. The molecule has 7 nitrogen and oxygen atoms in total. The number of ether oxygens (including phenoxy) is 1. The highest BCUT2D eigenvalue weighted by Crippen LogP contribution is 2.16. The number of amides is 1. The Bertz CT molecular complexity index is 696. The van der Waals surface area contributed by atoms with Crippen molar-refractivity contribution in [1.29, 1.82) is 0 Å². The summed E-state index contributed by atoms with van der Waals surface area (Å²) in [6, 6.07) is 6.28. The van der Waals surface area contributed by atoms with Crippen LogP contribution in [-0.4, -0.2) is 53.2 Å². The first-order chi connectivity index (χ1) is 12.0. The summed E-state index contributed by atoms with van der Waals surface area (Å²) in [6.45, 7) is 3.39. The normalized spacial score (nSPS) is 22.0. The Labute approximate surface area is 148 Å². The van der Waals surface area contributed by atoms with Crippen LogP contribution in [-0.2, 0) is 14.8 Å². The van der Waals surface area contributed by atoms with Gasteiger partial charge in [-0.15, -0.1) is 0 Å². The molecule has 0 spiro atoms. The Kier molecular flexibility index (Phi) is 6.06. The second-order valence-electron chi connectivity index (χ2n) is 6.60. The lowest BCUT2D eigenvalue weighted by atomic mass is 10.0. The van der Waals surface area contributed by atoms with Crippen molar-refractivity contribution in [2.24, 2.45) is 5.92 Å². The molecule has 8 heteroatoms. The van der Waals surface area contributed by atoms with Crippen molar-refractivity contribution < 1.29 is 17.9 Å². The monoisotopic (exact) mass is 367 g/mol. The van der Waals surface area contributed by atoms with E-state index in [0.29, 0.717) is 31.2 Å². The first-order valence-electron chi connectivity index (χ1n) is 8.74. The Hall–Kier alpha value is -1.48. The standard InChI is InChI=1S/C17H25N3O4S/c21-17(20-15-4-7-18-12-15)14-2-1-3-16(10-14)25(22,23)19-11-13-5-8-24-9-6-13/h1-3,10,13,15,18-19H,4-9,11-12H2,(H,20,21). The number of benzene rings is 1. The lowest BCUT2D eigenvalue weighted by Gasteiger charge is -2.22. The van der Waals surface area contributed by atoms with Crippen molar-refractivity contribution in [2.45, 2.75) is 30.2 Å². The van der Waals surface area contributed by atoms with Crippen LogP contribution in [0.5, 0.6) is 0 Å². The average Bonchev–Trinajstić information content (AvgIpc) is 3.14. The summed E-state index contributed by atoms with van der Waals surface area (Å²) in [6.07, 6.45) is 2.61. The van der Waals surface area contributed by atoms with Crippen molar-refractivity contribution in [1.82, 2.24) is 15.4 Å². The van der Waals surface area contributed by atoms with Crippen LogP contribution in [0.4, 0.5) is 0 Å². The molecule has 2 saturated heterocycles. The number of carbonyl (C=O) groups excluding carboxylic acids is 1. The zero-order chi connectivity index (χ0) is 17.7. The molecule has 3 N–H and O–H groups in total. The summed E-state index contributed by atoms with van der Waals surface area (Å²) in [5.74, 6) is 0.0556. The molecule has 1 atom stereocenters. The molecule has 3 rings (SSSR count). The number of nitrogens with one attached hydrogen (secondary N) is 3. The molecule has 1 aromatic rings. The van der Waals surface area contributed by atoms with Crippen LogP contribution in [0, 0.1) is 5.92 Å². The number of sulfonamides is 1. The van der Waals surface area contributed by atoms with E-state index in [1.807, 2.05) is 0 Å². The van der Waals surface area contributed by atoms with E-state index < -0.39 is 10.0 Å². The first-order valence-corrected chi connectivity index (χ1v) is 10.2. The minimum Gasteiger partial charge on any atom is -0.381 e. The predicted octanol–water partition coefficient (Wildman–Crippen LogP) is 0.483. The number of carbonyl (C=O) groups is 1. The molecule has 2 aliphatic heterocycles. The summed E-state index contributed by atoms with van der Waals surface area (Å²) in [7, 11) is -3.63. The Morgan fingerprint density at radius 1 is 1.24 bits per heavy atom. The van der Waals surface area contributed by atoms with Gasteiger partial charge in [0.25, 0.3) is 5.91 Å². The molecule has 2 aliphatic rings. The smallest absolute Gasteiger partial charge is 0.251 e. The van der Waals surface area contributed by atoms with E-state index in [4.69, 9.17) is 4.74 Å². The summed E-state index contributed by atoms with van der Waals surface area (Å²) in [5.41, 5.74) is 0.362. The molecule has 0 saturated carbocycles. The topological polar surface area (TPSA) is 96.5 Å². The van der Waals surface area contributed by atoms with Crippen LogP contribution in [0.25, 0.3) is 0 Å². The average molecular weight is 367 g/mol. The highest BCUT2D eigenvalue weighted by atomic mass is 32.2. The second kappa shape index (κ2) is 8.27. The second-order valence-corrected chi connectivity index (χ2v) is 8.37. The largest absolute Gasteiger partial charge is 0.381 e. The molecule has 1 unspecified atom stereocenters. The third kappa shape index (κ3) is 5.01. The van der Waals surface area contributed by atoms with Crippen LogP contribution in [0.2, 0.25) is 0 Å². The fourth-order valence-corrected chi connectivity index (χ4v) is 4.27. The van der Waals surface area contributed by atoms with Gasteiger partial charge in [0.15, 0.2) is 0 Å². The van der Waals surface area contributed by atoms with Crippen LogP contribution in [0.15, 0.2) is 29.2 Å². The highest BCUT2D eigenvalue weighted by molar-refractivity contribution is 7.89. The van der Waals surface area contributed by atoms with Gasteiger partial charge in [-0.3, -0.25) is 4.79 Å². The summed E-state index contributed by atoms with van der Waals surface area (Å²) in [4.78, 5) is 12.4. The molecule has 0 bridgehead atoms. The lowest BCUT2D eigenvalue weighted by molar-refractivity contribution is 0.0678. The first kappa shape index (κ1) is 18.3. The van der Waals surface area contributed by atoms with Gasteiger partial charge in [0.05, 0.1) is 4.90 Å². The minimum absolute atomic E-state index is 0.0967. The van der Waals surface area contributed by atoms with Crippen molar-refractivity contribution in [3.63, 3.8) is 0 Å². The Morgan fingerprint density at radius 2 is 2.04 bits per heavy atom. The van der Waals surface area contributed by atoms with Crippen LogP contribution in [0.1, 0.15) is 29.6 Å². The SMILES string of the molecule is O=C(NC1CCNC1)c1cccc(S(=O)(=O)NCC2CCOCC2)c1. The molecule has 2 fully saturated rings. The van der Waals surface area contributed by atoms with Crippen molar-refractivity contribution in [3.05, 3.63) is 29.8 Å². The van der Waals surface area contributed by atoms with E-state index >= 15 is 0 Å². The molecule has 0 aromatic heterocycles. The van der Waals surface area contributed by atoms with Gasteiger partial charge in [0, 0.05) is 37.9 Å². The molecular formula is C17H25N3O4S. The number of hydrogen-bond donors (Lipinski definition) is 3. The van der Waals surface area contributed by atoms with Crippen LogP contribution >= 0.6 is 0 Å². The van der Waals surface area contributed by atoms with E-state index in [2.05, 4.69) is 15.4 Å². The van der Waals surface area contributed by atoms with Crippen molar-refractivity contribution in [2.75, 3.05) is 32.8 Å². The molecule has 0 aliphatic carbocycles. The summed E-state index contributed by atoms with van der Waals surface area (Å²) in [5, 5.41) is 6.11. The van der Waals surface area contributed by atoms with E-state index in [1.165, 1.54) is 12.1 Å². The predicted molar refractivity (Wildman–Crippen MR) is 93.9 cm³/mol. The van der Waals surface area contributed by atoms with Crippen molar-refractivity contribution in [3.8, 4) is 0 Å². The van der Waals surface area contributed by atoms with Gasteiger partial charge in [0.2, 0.25) is 10.0 Å². The quantitative estimate of drug-likeness (QED) is 0.680. The van der Waals surface area contributed by atoms with E-state index in [0.717, 1.165) is 32.4 Å². The number of hydrogen-bond acceptors (Lipinski definition) is 5. The zero-order valence-corrected chi connectivity index (χ0v) is 15.0. The van der Waals surface area contributed by atoms with E-state index in [-0.39, 0.29) is 16.8 Å². The minimum atomic E-state index is -3.63. The van der Waals surface area contributed by atoms with Crippen LogP contribution in [0.3, 0.4) is 0 Å². The maximum atomic E-state index is 12.5. The molecule has 25 heavy (non-hydrogen) atoms. The van der Waals surface area contributed by atoms with Gasteiger partial charge in [-0.05, 0) is 49.9 Å². The van der Waals surface area contributed by atoms with Gasteiger partial charge in [0.1, 0.15) is 0 Å².